The number of carbonyl (C=O) groups is 4. The first kappa shape index (κ1) is 42.4. The van der Waals surface area contributed by atoms with Crippen molar-refractivity contribution in [1.29, 1.82) is 15.8 Å². The van der Waals surface area contributed by atoms with Crippen LogP contribution in [0.2, 0.25) is 0 Å². The van der Waals surface area contributed by atoms with E-state index in [9.17, 15) is 39.8 Å². The molecule has 0 radical (unpaired) electrons. The van der Waals surface area contributed by atoms with Gasteiger partial charge in [0, 0.05) is 21.2 Å². The van der Waals surface area contributed by atoms with E-state index in [0.29, 0.717) is 26.6 Å². The summed E-state index contributed by atoms with van der Waals surface area (Å²) in [6, 6.07) is 18.0. The summed E-state index contributed by atoms with van der Waals surface area (Å²) in [5.41, 5.74) is 0.262. The number of hydrogen-bond donors (Lipinski definition) is 0. The van der Waals surface area contributed by atoms with Crippen LogP contribution in [-0.2, 0) is 38.1 Å². The summed E-state index contributed by atoms with van der Waals surface area (Å²) >= 11 is 1.00. The van der Waals surface area contributed by atoms with E-state index >= 15 is 0 Å². The second kappa shape index (κ2) is 19.8. The molecule has 294 valence electrons. The fraction of sp³-hybridized carbons (Fsp3) is 0.282. The number of aryl methyl sites for hydroxylation is 1. The average Bonchev–Trinajstić information content (AvgIpc) is 3.69. The second-order valence-electron chi connectivity index (χ2n) is 11.7. The van der Waals surface area contributed by atoms with Crippen LogP contribution in [0.4, 0.5) is 11.4 Å². The number of allylic oxidation sites excluding steroid dienone is 2. The van der Waals surface area contributed by atoms with Crippen LogP contribution < -0.4 is 24.9 Å². The van der Waals surface area contributed by atoms with Crippen molar-refractivity contribution in [2.75, 3.05) is 77.6 Å². The van der Waals surface area contributed by atoms with Gasteiger partial charge in [0.15, 0.2) is 0 Å². The normalized spacial score (nSPS) is 10.2. The molecule has 0 saturated heterocycles. The number of nitrogens with zero attached hydrogens (tertiary/aromatic N) is 5. The highest BCUT2D eigenvalue weighted by molar-refractivity contribution is 7.16. The molecule has 0 bridgehead atoms. The maximum atomic E-state index is 13.3. The van der Waals surface area contributed by atoms with Gasteiger partial charge in [-0.1, -0.05) is 6.07 Å². The van der Waals surface area contributed by atoms with E-state index in [0.717, 1.165) is 16.9 Å². The minimum atomic E-state index is -0.762. The molecule has 17 nitrogen and oxygen atoms in total. The number of thiophene rings is 1. The summed E-state index contributed by atoms with van der Waals surface area (Å²) in [4.78, 5) is 66.2. The summed E-state index contributed by atoms with van der Waals surface area (Å²) in [6.07, 6.45) is 0. The molecule has 0 aliphatic heterocycles. The number of esters is 4. The third-order valence-electron chi connectivity index (χ3n) is 8.10. The molecule has 0 fully saturated rings. The lowest BCUT2D eigenvalue weighted by molar-refractivity contribution is -0.141. The van der Waals surface area contributed by atoms with Gasteiger partial charge < -0.3 is 42.6 Å². The zero-order valence-electron chi connectivity index (χ0n) is 31.4. The van der Waals surface area contributed by atoms with Crippen molar-refractivity contribution in [2.24, 2.45) is 0 Å². The third-order valence-corrected chi connectivity index (χ3v) is 9.24. The highest BCUT2D eigenvalue weighted by Crippen LogP contribution is 2.37. The molecular weight excluding hydrogens is 763 g/mol. The predicted octanol–water partition coefficient (Wildman–Crippen LogP) is 3.92. The lowest BCUT2D eigenvalue weighted by Gasteiger charge is -2.26. The third kappa shape index (κ3) is 10.7. The Balaban J connectivity index is 1.75. The van der Waals surface area contributed by atoms with E-state index in [2.05, 4.69) is 0 Å². The van der Waals surface area contributed by atoms with Crippen molar-refractivity contribution in [3.8, 4) is 40.1 Å². The van der Waals surface area contributed by atoms with Crippen molar-refractivity contribution in [2.45, 2.75) is 6.92 Å². The molecule has 57 heavy (non-hydrogen) atoms. The largest absolute Gasteiger partial charge is 0.488 e. The number of hydrogen-bond acceptors (Lipinski definition) is 18. The Morgan fingerprint density at radius 1 is 0.684 bits per heavy atom. The molecule has 4 aromatic rings. The summed E-state index contributed by atoms with van der Waals surface area (Å²) in [5.74, 6) is -2.15. The predicted molar refractivity (Wildman–Crippen MR) is 204 cm³/mol. The monoisotopic (exact) mass is 797 g/mol. The fourth-order valence-electron chi connectivity index (χ4n) is 5.29. The number of anilines is 2. The molecule has 0 spiro atoms. The van der Waals surface area contributed by atoms with Crippen LogP contribution in [0.25, 0.3) is 27.0 Å². The topological polar surface area (TPSA) is 232 Å². The van der Waals surface area contributed by atoms with Crippen LogP contribution in [0.5, 0.6) is 11.5 Å². The van der Waals surface area contributed by atoms with Crippen molar-refractivity contribution in [1.82, 2.24) is 0 Å². The van der Waals surface area contributed by atoms with Crippen molar-refractivity contribution in [3.63, 3.8) is 0 Å². The molecular formula is C39H35N5O12S. The molecule has 0 aliphatic carbocycles. The molecule has 4 rings (SSSR count). The number of nitriles is 3. The maximum Gasteiger partial charge on any atom is 0.345 e. The molecule has 2 heterocycles. The molecule has 2 aromatic carbocycles. The van der Waals surface area contributed by atoms with Crippen LogP contribution in [0, 0.1) is 40.9 Å². The van der Waals surface area contributed by atoms with E-state index in [1.807, 2.05) is 13.0 Å². The Morgan fingerprint density at radius 3 is 1.72 bits per heavy atom. The molecule has 0 saturated carbocycles. The van der Waals surface area contributed by atoms with Gasteiger partial charge in [0.2, 0.25) is 0 Å². The summed E-state index contributed by atoms with van der Waals surface area (Å²) in [6.45, 7) is 0.229. The molecule has 0 atom stereocenters. The average molecular weight is 798 g/mol. The van der Waals surface area contributed by atoms with Crippen molar-refractivity contribution in [3.05, 3.63) is 75.0 Å². The Morgan fingerprint density at radius 2 is 1.21 bits per heavy atom. The lowest BCUT2D eigenvalue weighted by Crippen LogP contribution is -2.36. The van der Waals surface area contributed by atoms with Crippen LogP contribution in [0.15, 0.2) is 63.3 Å². The number of methoxy groups -OCH3 is 4. The minimum Gasteiger partial charge on any atom is -0.488 e. The highest BCUT2D eigenvalue weighted by atomic mass is 32.1. The van der Waals surface area contributed by atoms with E-state index in [1.54, 1.807) is 36.4 Å². The zero-order chi connectivity index (χ0) is 41.6. The first-order chi connectivity index (χ1) is 27.4. The van der Waals surface area contributed by atoms with Crippen LogP contribution in [0.3, 0.4) is 0 Å². The van der Waals surface area contributed by atoms with Gasteiger partial charge in [0.25, 0.3) is 0 Å². The maximum absolute atomic E-state index is 13.3. The number of fused-ring (bicyclic) bond motifs is 1. The van der Waals surface area contributed by atoms with Gasteiger partial charge in [0.1, 0.15) is 80.3 Å². The van der Waals surface area contributed by atoms with Gasteiger partial charge in [0.05, 0.1) is 51.0 Å². The molecule has 0 unspecified atom stereocenters. The molecule has 0 aliphatic rings. The van der Waals surface area contributed by atoms with Crippen molar-refractivity contribution >= 4 is 63.1 Å². The fourth-order valence-corrected chi connectivity index (χ4v) is 6.30. The minimum absolute atomic E-state index is 0.0634. The lowest BCUT2D eigenvalue weighted by atomic mass is 10.1. The van der Waals surface area contributed by atoms with E-state index in [4.69, 9.17) is 32.8 Å². The molecule has 0 N–H and O–H groups in total. The SMILES string of the molecule is COC(=O)CN(CC(=O)OC)c1ccc(C)cc1OCCOc1cc2cc(-c3ccc(C(C#N)=C(C#N)C#N)s3)c(=O)oc2cc1N(CC(=O)OC)CC(=O)OC. The molecule has 18 heteroatoms. The van der Waals surface area contributed by atoms with Gasteiger partial charge in [-0.05, 0) is 48.9 Å². The zero-order valence-corrected chi connectivity index (χ0v) is 32.2. The van der Waals surface area contributed by atoms with Gasteiger partial charge in [-0.3, -0.25) is 19.2 Å². The Labute approximate surface area is 329 Å². The van der Waals surface area contributed by atoms with E-state index in [-0.39, 0.29) is 60.0 Å². The standard InChI is InChI=1S/C39H35N5O12S/c1-23-6-7-28(43(19-35(45)50-2)20-36(46)51-3)31(12-23)54-10-11-55-32-14-24-13-26(33-8-9-34(57-33)27(18-42)25(16-40)17-41)39(49)56-30(24)15-29(32)44(21-37(47)52-4)22-38(48)53-5/h6-9,12-15H,10-11,19-22H2,1-5H3. The van der Waals surface area contributed by atoms with Gasteiger partial charge in [-0.2, -0.15) is 15.8 Å². The number of carbonyl (C=O) groups excluding carboxylic acids is 4. The second-order valence-corrected chi connectivity index (χ2v) is 12.8. The van der Waals surface area contributed by atoms with Crippen LogP contribution >= 0.6 is 11.3 Å². The van der Waals surface area contributed by atoms with Crippen LogP contribution in [-0.4, -0.2) is 91.7 Å². The summed E-state index contributed by atoms with van der Waals surface area (Å²) in [7, 11) is 4.81. The van der Waals surface area contributed by atoms with Crippen molar-refractivity contribution < 1.29 is 52.0 Å². The van der Waals surface area contributed by atoms with E-state index in [1.165, 1.54) is 62.5 Å². The molecule has 0 amide bonds. The van der Waals surface area contributed by atoms with Gasteiger partial charge in [-0.15, -0.1) is 11.3 Å². The first-order valence-corrected chi connectivity index (χ1v) is 17.5. The van der Waals surface area contributed by atoms with Gasteiger partial charge >= 0.3 is 29.5 Å². The quantitative estimate of drug-likeness (QED) is 0.0484. The highest BCUT2D eigenvalue weighted by Gasteiger charge is 2.24. The summed E-state index contributed by atoms with van der Waals surface area (Å²) in [5, 5.41) is 28.6. The molecule has 2 aromatic heterocycles. The Kier molecular flexibility index (Phi) is 14.7. The first-order valence-electron chi connectivity index (χ1n) is 16.7. The Bertz CT molecular complexity index is 2350. The van der Waals surface area contributed by atoms with Gasteiger partial charge in [-0.25, -0.2) is 4.79 Å². The number of rotatable bonds is 17. The number of ether oxygens (including phenoxy) is 6. The smallest absolute Gasteiger partial charge is 0.345 e. The summed E-state index contributed by atoms with van der Waals surface area (Å²) < 4.78 is 37.3. The number of benzene rings is 2. The Hall–Kier alpha value is -7.36. The van der Waals surface area contributed by atoms with Crippen LogP contribution in [0.1, 0.15) is 10.4 Å². The van der Waals surface area contributed by atoms with E-state index < -0.39 is 42.6 Å².